The van der Waals surface area contributed by atoms with Crippen molar-refractivity contribution in [3.8, 4) is 0 Å². The fourth-order valence-electron chi connectivity index (χ4n) is 6.34. The van der Waals surface area contributed by atoms with Gasteiger partial charge in [0.05, 0.1) is 0 Å². The third-order valence-electron chi connectivity index (χ3n) is 8.29. The van der Waals surface area contributed by atoms with Gasteiger partial charge >= 0.3 is 0 Å². The Morgan fingerprint density at radius 1 is 0.697 bits per heavy atom. The first kappa shape index (κ1) is 24.3. The summed E-state index contributed by atoms with van der Waals surface area (Å²) in [6.07, 6.45) is 13.2. The number of hydrogen-bond acceptors (Lipinski definition) is 0. The quantitative estimate of drug-likeness (QED) is 0.362. The molecule has 2 aromatic carbocycles. The second-order valence-electron chi connectivity index (χ2n) is 10.4. The summed E-state index contributed by atoms with van der Waals surface area (Å²) >= 11 is 0. The fraction of sp³-hybridized carbons (Fsp3) is 0.586. The zero-order chi connectivity index (χ0) is 23.4. The van der Waals surface area contributed by atoms with E-state index in [1.54, 1.807) is 6.07 Å². The number of hydrogen-bond donors (Lipinski definition) is 0. The number of benzene rings is 2. The highest BCUT2D eigenvalue weighted by atomic mass is 19.2. The molecule has 2 saturated carbocycles. The van der Waals surface area contributed by atoms with Gasteiger partial charge in [-0.25, -0.2) is 17.6 Å². The third kappa shape index (κ3) is 6.00. The minimum absolute atomic E-state index is 0.262. The molecule has 2 aliphatic rings. The summed E-state index contributed by atoms with van der Waals surface area (Å²) in [4.78, 5) is 0. The fourth-order valence-corrected chi connectivity index (χ4v) is 6.34. The van der Waals surface area contributed by atoms with Crippen LogP contribution in [0.4, 0.5) is 17.6 Å². The van der Waals surface area contributed by atoms with Gasteiger partial charge in [0.15, 0.2) is 23.3 Å². The van der Waals surface area contributed by atoms with Crippen LogP contribution in [0.15, 0.2) is 30.3 Å². The average molecular weight is 461 g/mol. The molecule has 0 atom stereocenters. The normalized spacial score (nSPS) is 25.8. The molecule has 0 aromatic heterocycles. The van der Waals surface area contributed by atoms with Crippen LogP contribution in [0.5, 0.6) is 0 Å². The van der Waals surface area contributed by atoms with Crippen molar-refractivity contribution >= 4 is 0 Å². The SMILES string of the molecule is CCCC1CCC(C2CCC(c3cc(F)c(F)c(CCc4ccc(F)c(F)c4)c3)CC2)CC1. The Hall–Kier alpha value is -1.84. The van der Waals surface area contributed by atoms with E-state index in [0.717, 1.165) is 48.3 Å². The van der Waals surface area contributed by atoms with E-state index in [0.29, 0.717) is 17.5 Å². The van der Waals surface area contributed by atoms with Crippen molar-refractivity contribution in [2.45, 2.75) is 89.9 Å². The van der Waals surface area contributed by atoms with E-state index >= 15 is 0 Å². The molecule has 33 heavy (non-hydrogen) atoms. The Balaban J connectivity index is 1.35. The maximum absolute atomic E-state index is 14.5. The minimum atomic E-state index is -0.913. The molecule has 0 unspecified atom stereocenters. The Labute approximate surface area is 195 Å². The van der Waals surface area contributed by atoms with E-state index in [2.05, 4.69) is 6.92 Å². The van der Waals surface area contributed by atoms with Crippen LogP contribution < -0.4 is 0 Å². The Bertz CT molecular complexity index is 921. The summed E-state index contributed by atoms with van der Waals surface area (Å²) in [5.41, 5.74) is 1.79. The third-order valence-corrected chi connectivity index (χ3v) is 8.29. The van der Waals surface area contributed by atoms with Crippen molar-refractivity contribution in [1.82, 2.24) is 0 Å². The molecular weight excluding hydrogens is 424 g/mol. The maximum Gasteiger partial charge on any atom is 0.162 e. The Morgan fingerprint density at radius 2 is 1.36 bits per heavy atom. The molecule has 4 heteroatoms. The van der Waals surface area contributed by atoms with Gasteiger partial charge in [0.25, 0.3) is 0 Å². The molecule has 0 bridgehead atoms. The predicted molar refractivity (Wildman–Crippen MR) is 125 cm³/mol. The molecule has 0 amide bonds. The lowest BCUT2D eigenvalue weighted by molar-refractivity contribution is 0.156. The Kier molecular flexibility index (Phi) is 8.14. The van der Waals surface area contributed by atoms with E-state index in [1.165, 1.54) is 63.5 Å². The molecule has 4 rings (SSSR count). The average Bonchev–Trinajstić information content (AvgIpc) is 2.83. The highest BCUT2D eigenvalue weighted by molar-refractivity contribution is 5.31. The minimum Gasteiger partial charge on any atom is -0.204 e. The van der Waals surface area contributed by atoms with Gasteiger partial charge in [-0.15, -0.1) is 0 Å². The number of aryl methyl sites for hydroxylation is 2. The van der Waals surface area contributed by atoms with E-state index in [4.69, 9.17) is 0 Å². The smallest absolute Gasteiger partial charge is 0.162 e. The molecule has 2 fully saturated rings. The molecule has 0 heterocycles. The van der Waals surface area contributed by atoms with Crippen molar-refractivity contribution in [2.24, 2.45) is 17.8 Å². The zero-order valence-corrected chi connectivity index (χ0v) is 19.7. The molecule has 0 saturated heterocycles. The van der Waals surface area contributed by atoms with Crippen LogP contribution in [-0.4, -0.2) is 0 Å². The van der Waals surface area contributed by atoms with Gasteiger partial charge in [-0.2, -0.15) is 0 Å². The molecule has 2 aliphatic carbocycles. The van der Waals surface area contributed by atoms with Gasteiger partial charge in [0, 0.05) is 0 Å². The predicted octanol–water partition coefficient (Wildman–Crippen LogP) is 8.91. The summed E-state index contributed by atoms with van der Waals surface area (Å²) in [5.74, 6) is -0.615. The number of rotatable bonds is 7. The summed E-state index contributed by atoms with van der Waals surface area (Å²) in [7, 11) is 0. The summed E-state index contributed by atoms with van der Waals surface area (Å²) in [5, 5.41) is 0. The lowest BCUT2D eigenvalue weighted by atomic mass is 9.68. The first-order valence-electron chi connectivity index (χ1n) is 12.9. The van der Waals surface area contributed by atoms with E-state index < -0.39 is 23.3 Å². The first-order chi connectivity index (χ1) is 15.9. The van der Waals surface area contributed by atoms with Crippen molar-refractivity contribution in [3.05, 3.63) is 70.3 Å². The van der Waals surface area contributed by atoms with E-state index in [-0.39, 0.29) is 12.3 Å². The molecule has 0 N–H and O–H groups in total. The zero-order valence-electron chi connectivity index (χ0n) is 19.7. The molecule has 0 radical (unpaired) electrons. The summed E-state index contributed by atoms with van der Waals surface area (Å²) in [6, 6.07) is 6.88. The van der Waals surface area contributed by atoms with Gasteiger partial charge in [-0.05, 0) is 110 Å². The monoisotopic (exact) mass is 460 g/mol. The van der Waals surface area contributed by atoms with E-state index in [9.17, 15) is 17.6 Å². The van der Waals surface area contributed by atoms with Crippen molar-refractivity contribution in [1.29, 1.82) is 0 Å². The van der Waals surface area contributed by atoms with Gasteiger partial charge in [-0.3, -0.25) is 0 Å². The second kappa shape index (κ2) is 11.1. The number of halogens is 4. The van der Waals surface area contributed by atoms with Crippen LogP contribution in [0.1, 0.15) is 93.7 Å². The molecule has 0 nitrogen and oxygen atoms in total. The maximum atomic E-state index is 14.5. The topological polar surface area (TPSA) is 0 Å². The second-order valence-corrected chi connectivity index (χ2v) is 10.4. The van der Waals surface area contributed by atoms with E-state index in [1.807, 2.05) is 0 Å². The van der Waals surface area contributed by atoms with Gasteiger partial charge in [-0.1, -0.05) is 44.7 Å². The van der Waals surface area contributed by atoms with Gasteiger partial charge in [0.1, 0.15) is 0 Å². The molecule has 0 spiro atoms. The van der Waals surface area contributed by atoms with Crippen molar-refractivity contribution in [2.75, 3.05) is 0 Å². The van der Waals surface area contributed by atoms with Crippen LogP contribution in [0.25, 0.3) is 0 Å². The molecule has 2 aromatic rings. The van der Waals surface area contributed by atoms with Gasteiger partial charge in [0.2, 0.25) is 0 Å². The Morgan fingerprint density at radius 3 is 2.00 bits per heavy atom. The largest absolute Gasteiger partial charge is 0.204 e. The van der Waals surface area contributed by atoms with Crippen LogP contribution in [0.3, 0.4) is 0 Å². The van der Waals surface area contributed by atoms with Crippen LogP contribution in [-0.2, 0) is 12.8 Å². The molecule has 180 valence electrons. The highest BCUT2D eigenvalue weighted by Gasteiger charge is 2.31. The molecular formula is C29H36F4. The first-order valence-corrected chi connectivity index (χ1v) is 12.9. The summed E-state index contributed by atoms with van der Waals surface area (Å²) in [6.45, 7) is 2.28. The summed E-state index contributed by atoms with van der Waals surface area (Å²) < 4.78 is 55.5. The van der Waals surface area contributed by atoms with Crippen molar-refractivity contribution in [3.63, 3.8) is 0 Å². The van der Waals surface area contributed by atoms with Crippen LogP contribution in [0.2, 0.25) is 0 Å². The van der Waals surface area contributed by atoms with Crippen molar-refractivity contribution < 1.29 is 17.6 Å². The molecule has 0 aliphatic heterocycles. The lowest BCUT2D eigenvalue weighted by Crippen LogP contribution is -2.25. The van der Waals surface area contributed by atoms with Crippen LogP contribution in [0, 0.1) is 41.0 Å². The van der Waals surface area contributed by atoms with Gasteiger partial charge < -0.3 is 0 Å². The standard InChI is InChI=1S/C29H36F4/c1-2-3-19-4-8-21(9-5-19)22-11-13-23(14-12-22)25-17-24(29(33)28(32)18-25)10-6-20-7-15-26(30)27(31)16-20/h7,15-19,21-23H,2-6,8-14H2,1H3. The highest BCUT2D eigenvalue weighted by Crippen LogP contribution is 2.44. The lowest BCUT2D eigenvalue weighted by Gasteiger charge is -2.38. The van der Waals surface area contributed by atoms with Crippen LogP contribution >= 0.6 is 0 Å².